The number of amides is 1. The molecule has 0 N–H and O–H groups in total. The van der Waals surface area contributed by atoms with E-state index in [9.17, 15) is 4.79 Å². The Balaban J connectivity index is 1.89. The number of pyridine rings is 1. The van der Waals surface area contributed by atoms with Gasteiger partial charge < -0.3 is 4.90 Å². The van der Waals surface area contributed by atoms with Gasteiger partial charge in [0.15, 0.2) is 0 Å². The van der Waals surface area contributed by atoms with Crippen LogP contribution in [0.15, 0.2) is 42.5 Å². The Morgan fingerprint density at radius 2 is 1.93 bits per heavy atom. The van der Waals surface area contributed by atoms with Gasteiger partial charge in [0.1, 0.15) is 0 Å². The van der Waals surface area contributed by atoms with E-state index < -0.39 is 0 Å². The number of hydrogen-bond donors (Lipinski definition) is 0. The molecule has 1 atom stereocenters. The van der Waals surface area contributed by atoms with Crippen molar-refractivity contribution < 1.29 is 4.79 Å². The molecule has 0 aliphatic carbocycles. The van der Waals surface area contributed by atoms with Gasteiger partial charge in [0, 0.05) is 28.6 Å². The number of hydrogen-bond acceptors (Lipinski definition) is 2. The van der Waals surface area contributed by atoms with Gasteiger partial charge in [-0.2, -0.15) is 0 Å². The van der Waals surface area contributed by atoms with Crippen LogP contribution in [-0.4, -0.2) is 28.4 Å². The van der Waals surface area contributed by atoms with E-state index in [2.05, 4.69) is 38.1 Å². The van der Waals surface area contributed by atoms with Crippen LogP contribution in [0.4, 0.5) is 0 Å². The minimum absolute atomic E-state index is 0.0951. The summed E-state index contributed by atoms with van der Waals surface area (Å²) in [6, 6.07) is 14.5. The van der Waals surface area contributed by atoms with Crippen molar-refractivity contribution in [3.05, 3.63) is 64.2 Å². The predicted molar refractivity (Wildman–Crippen MR) is 121 cm³/mol. The number of halogens is 1. The average molecular weight is 407 g/mol. The molecule has 1 aliphatic heterocycles. The van der Waals surface area contributed by atoms with Crippen LogP contribution in [-0.2, 0) is 6.42 Å². The van der Waals surface area contributed by atoms with Crippen LogP contribution >= 0.6 is 11.6 Å². The van der Waals surface area contributed by atoms with Crippen molar-refractivity contribution >= 4 is 28.4 Å². The summed E-state index contributed by atoms with van der Waals surface area (Å²) in [4.78, 5) is 20.5. The quantitative estimate of drug-likeness (QED) is 0.501. The highest BCUT2D eigenvalue weighted by Crippen LogP contribution is 2.32. The molecular weight excluding hydrogens is 380 g/mol. The van der Waals surface area contributed by atoms with Crippen molar-refractivity contribution in [1.29, 1.82) is 0 Å². The lowest BCUT2D eigenvalue weighted by atomic mass is 9.98. The second kappa shape index (κ2) is 8.16. The topological polar surface area (TPSA) is 33.2 Å². The number of rotatable bonds is 3. The molecule has 3 nitrogen and oxygen atoms in total. The molecule has 0 spiro atoms. The number of aryl methyl sites for hydroxylation is 2. The summed E-state index contributed by atoms with van der Waals surface area (Å²) in [5, 5.41) is 1.55. The van der Waals surface area contributed by atoms with Crippen LogP contribution in [0.1, 0.15) is 54.6 Å². The number of aromatic nitrogens is 1. The molecule has 3 aromatic rings. The van der Waals surface area contributed by atoms with Crippen molar-refractivity contribution in [3.63, 3.8) is 0 Å². The molecule has 1 aliphatic rings. The fourth-order valence-electron chi connectivity index (χ4n) is 4.19. The second-order valence-electron chi connectivity index (χ2n) is 8.02. The van der Waals surface area contributed by atoms with Crippen molar-refractivity contribution in [1.82, 2.24) is 9.88 Å². The van der Waals surface area contributed by atoms with E-state index in [1.165, 1.54) is 12.0 Å². The Morgan fingerprint density at radius 3 is 2.62 bits per heavy atom. The first-order chi connectivity index (χ1) is 14.0. The average Bonchev–Trinajstić information content (AvgIpc) is 2.75. The molecule has 1 fully saturated rings. The van der Waals surface area contributed by atoms with Crippen LogP contribution in [0, 0.1) is 6.92 Å². The summed E-state index contributed by atoms with van der Waals surface area (Å²) in [5.74, 6) is 0.0951. The van der Waals surface area contributed by atoms with Gasteiger partial charge in [0.25, 0.3) is 5.91 Å². The Hall–Kier alpha value is -2.39. The first kappa shape index (κ1) is 19.9. The molecule has 4 rings (SSSR count). The van der Waals surface area contributed by atoms with Gasteiger partial charge in [-0.25, -0.2) is 4.98 Å². The van der Waals surface area contributed by atoms with Crippen molar-refractivity contribution in [2.45, 2.75) is 52.5 Å². The first-order valence-corrected chi connectivity index (χ1v) is 10.9. The van der Waals surface area contributed by atoms with Gasteiger partial charge in [0.2, 0.25) is 0 Å². The number of carbonyl (C=O) groups excluding carboxylic acids is 1. The lowest BCUT2D eigenvalue weighted by Crippen LogP contribution is -2.42. The number of fused-ring (bicyclic) bond motifs is 1. The molecule has 1 amide bonds. The highest BCUT2D eigenvalue weighted by Gasteiger charge is 2.26. The fourth-order valence-corrected chi connectivity index (χ4v) is 4.35. The van der Waals surface area contributed by atoms with Gasteiger partial charge in [-0.15, -0.1) is 0 Å². The third-order valence-electron chi connectivity index (χ3n) is 6.12. The Bertz CT molecular complexity index is 1060. The van der Waals surface area contributed by atoms with Crippen molar-refractivity contribution in [3.8, 4) is 11.3 Å². The molecule has 1 aromatic heterocycles. The lowest BCUT2D eigenvalue weighted by molar-refractivity contribution is 0.0637. The number of benzene rings is 2. The summed E-state index contributed by atoms with van der Waals surface area (Å²) in [7, 11) is 0. The molecule has 0 radical (unpaired) electrons. The van der Waals surface area contributed by atoms with Gasteiger partial charge in [-0.3, -0.25) is 4.79 Å². The fraction of sp³-hybridized carbons (Fsp3) is 0.360. The van der Waals surface area contributed by atoms with Crippen molar-refractivity contribution in [2.24, 2.45) is 0 Å². The van der Waals surface area contributed by atoms with E-state index in [4.69, 9.17) is 16.6 Å². The molecule has 2 heterocycles. The lowest BCUT2D eigenvalue weighted by Gasteiger charge is -2.33. The summed E-state index contributed by atoms with van der Waals surface area (Å²) in [6.45, 7) is 7.08. The maximum Gasteiger partial charge on any atom is 0.254 e. The zero-order valence-corrected chi connectivity index (χ0v) is 18.1. The first-order valence-electron chi connectivity index (χ1n) is 10.5. The molecular formula is C25H27ClN2O. The largest absolute Gasteiger partial charge is 0.336 e. The molecule has 29 heavy (non-hydrogen) atoms. The maximum atomic E-state index is 13.6. The minimum atomic E-state index is 0.0951. The SMILES string of the molecule is CCc1ccc(-c2cc(C(=O)N3CCCC[C@@H]3C)c3ccc(Cl)c(C)c3n2)cc1. The third-order valence-corrected chi connectivity index (χ3v) is 6.53. The van der Waals surface area contributed by atoms with Crippen LogP contribution in [0.3, 0.4) is 0 Å². The Kier molecular flexibility index (Phi) is 5.60. The predicted octanol–water partition coefficient (Wildman–Crippen LogP) is 6.44. The second-order valence-corrected chi connectivity index (χ2v) is 8.42. The van der Waals surface area contributed by atoms with Gasteiger partial charge in [0.05, 0.1) is 16.8 Å². The van der Waals surface area contributed by atoms with E-state index in [0.717, 1.165) is 59.1 Å². The van der Waals surface area contributed by atoms with Gasteiger partial charge in [-0.05, 0) is 62.8 Å². The molecule has 0 unspecified atom stereocenters. The Morgan fingerprint density at radius 1 is 1.17 bits per heavy atom. The number of carbonyl (C=O) groups is 1. The van der Waals surface area contributed by atoms with Gasteiger partial charge >= 0.3 is 0 Å². The van der Waals surface area contributed by atoms with E-state index in [0.29, 0.717) is 5.02 Å². The van der Waals surface area contributed by atoms with Crippen LogP contribution in [0.25, 0.3) is 22.2 Å². The van der Waals surface area contributed by atoms with Crippen LogP contribution in [0.2, 0.25) is 5.02 Å². The Labute approximate surface area is 177 Å². The molecule has 150 valence electrons. The summed E-state index contributed by atoms with van der Waals surface area (Å²) in [5.41, 5.74) is 5.56. The maximum absolute atomic E-state index is 13.6. The van der Waals surface area contributed by atoms with E-state index >= 15 is 0 Å². The monoisotopic (exact) mass is 406 g/mol. The van der Waals surface area contributed by atoms with E-state index in [-0.39, 0.29) is 11.9 Å². The summed E-state index contributed by atoms with van der Waals surface area (Å²) < 4.78 is 0. The molecule has 1 saturated heterocycles. The van der Waals surface area contributed by atoms with Crippen LogP contribution < -0.4 is 0 Å². The number of likely N-dealkylation sites (tertiary alicyclic amines) is 1. The minimum Gasteiger partial charge on any atom is -0.336 e. The smallest absolute Gasteiger partial charge is 0.254 e. The molecule has 0 saturated carbocycles. The third kappa shape index (κ3) is 3.76. The number of nitrogens with zero attached hydrogens (tertiary/aromatic N) is 2. The zero-order valence-electron chi connectivity index (χ0n) is 17.3. The number of piperidine rings is 1. The zero-order chi connectivity index (χ0) is 20.5. The summed E-state index contributed by atoms with van der Waals surface area (Å²) in [6.07, 6.45) is 4.31. The standard InChI is InChI=1S/C25H27ClN2O/c1-4-18-8-10-19(11-9-18)23-15-21(25(29)28-14-6-5-7-16(28)2)20-12-13-22(26)17(3)24(20)27-23/h8-13,15-16H,4-7,14H2,1-3H3/t16-/m0/s1. The highest BCUT2D eigenvalue weighted by atomic mass is 35.5. The summed E-state index contributed by atoms with van der Waals surface area (Å²) >= 11 is 6.39. The normalized spacial score (nSPS) is 17.0. The molecule has 0 bridgehead atoms. The van der Waals surface area contributed by atoms with E-state index in [1.54, 1.807) is 0 Å². The van der Waals surface area contributed by atoms with Gasteiger partial charge in [-0.1, -0.05) is 48.9 Å². The van der Waals surface area contributed by atoms with E-state index in [1.807, 2.05) is 30.0 Å². The van der Waals surface area contributed by atoms with Crippen LogP contribution in [0.5, 0.6) is 0 Å². The molecule has 2 aromatic carbocycles. The highest BCUT2D eigenvalue weighted by molar-refractivity contribution is 6.32. The van der Waals surface area contributed by atoms with Crippen molar-refractivity contribution in [2.75, 3.05) is 6.54 Å². The molecule has 4 heteroatoms.